The van der Waals surface area contributed by atoms with E-state index in [2.05, 4.69) is 25.4 Å². The first kappa shape index (κ1) is 23.5. The van der Waals surface area contributed by atoms with Gasteiger partial charge < -0.3 is 35.0 Å². The van der Waals surface area contributed by atoms with Crippen molar-refractivity contribution in [1.29, 1.82) is 0 Å². The van der Waals surface area contributed by atoms with Crippen LogP contribution < -0.4 is 20.4 Å². The molecule has 12 nitrogen and oxygen atoms in total. The number of carbonyl (C=O) groups is 1. The van der Waals surface area contributed by atoms with Gasteiger partial charge in [0.25, 0.3) is 0 Å². The Bertz CT molecular complexity index is 1240. The molecule has 0 saturated carbocycles. The van der Waals surface area contributed by atoms with E-state index >= 15 is 0 Å². The van der Waals surface area contributed by atoms with Gasteiger partial charge in [0.1, 0.15) is 0 Å². The standard InChI is InChI=1S/C25H28N8O4/c34-21-13-19-14-37-15-20(21)33(19)24-30-22(29-23(31-24)32-9-11-36-12-10-32)16-1-3-17(4-2-16)27-25(35)28-18-5-7-26-8-6-18/h1-8,19-21,34H,9-15H2,(H2,26,27,28,35)/t19-,20-,21-/m1/s1. The summed E-state index contributed by atoms with van der Waals surface area (Å²) >= 11 is 0. The molecule has 5 heterocycles. The Morgan fingerprint density at radius 1 is 0.892 bits per heavy atom. The van der Waals surface area contributed by atoms with Gasteiger partial charge in [-0.3, -0.25) is 4.98 Å². The molecule has 1 aromatic carbocycles. The maximum absolute atomic E-state index is 12.3. The summed E-state index contributed by atoms with van der Waals surface area (Å²) in [5, 5.41) is 16.2. The van der Waals surface area contributed by atoms with E-state index in [1.165, 1.54) is 0 Å². The van der Waals surface area contributed by atoms with Crippen molar-refractivity contribution in [2.75, 3.05) is 60.0 Å². The van der Waals surface area contributed by atoms with E-state index in [0.717, 1.165) is 5.56 Å². The van der Waals surface area contributed by atoms with Crippen LogP contribution in [0.15, 0.2) is 48.8 Å². The number of ether oxygens (including phenoxy) is 2. The first-order chi connectivity index (χ1) is 18.1. The first-order valence-corrected chi connectivity index (χ1v) is 12.4. The van der Waals surface area contributed by atoms with Crippen LogP contribution in [-0.2, 0) is 9.47 Å². The van der Waals surface area contributed by atoms with Crippen molar-refractivity contribution >= 4 is 29.3 Å². The third-order valence-corrected chi connectivity index (χ3v) is 6.78. The van der Waals surface area contributed by atoms with E-state index in [1.807, 2.05) is 24.3 Å². The van der Waals surface area contributed by atoms with E-state index in [1.54, 1.807) is 24.5 Å². The lowest BCUT2D eigenvalue weighted by Crippen LogP contribution is -2.49. The first-order valence-electron chi connectivity index (χ1n) is 12.4. The van der Waals surface area contributed by atoms with Crippen molar-refractivity contribution in [3.05, 3.63) is 48.8 Å². The van der Waals surface area contributed by atoms with Crippen molar-refractivity contribution in [2.45, 2.75) is 24.6 Å². The lowest BCUT2D eigenvalue weighted by molar-refractivity contribution is 0.0694. The van der Waals surface area contributed by atoms with Gasteiger partial charge in [0.2, 0.25) is 11.9 Å². The molecule has 2 aromatic heterocycles. The molecule has 3 aliphatic heterocycles. The molecule has 3 fully saturated rings. The molecular weight excluding hydrogens is 476 g/mol. The number of morpholine rings is 2. The summed E-state index contributed by atoms with van der Waals surface area (Å²) in [5.74, 6) is 1.66. The summed E-state index contributed by atoms with van der Waals surface area (Å²) in [4.78, 5) is 34.9. The zero-order valence-electron chi connectivity index (χ0n) is 20.2. The number of aliphatic hydroxyl groups is 1. The van der Waals surface area contributed by atoms with Crippen molar-refractivity contribution in [2.24, 2.45) is 0 Å². The van der Waals surface area contributed by atoms with Crippen LogP contribution in [0.3, 0.4) is 0 Å². The predicted octanol–water partition coefficient (Wildman–Crippen LogP) is 1.75. The number of amides is 2. The van der Waals surface area contributed by atoms with Crippen LogP contribution >= 0.6 is 0 Å². The Hall–Kier alpha value is -3.87. The zero-order valence-corrected chi connectivity index (χ0v) is 20.2. The minimum Gasteiger partial charge on any atom is -0.391 e. The third kappa shape index (κ3) is 5.03. The molecule has 0 aliphatic carbocycles. The quantitative estimate of drug-likeness (QED) is 0.471. The maximum Gasteiger partial charge on any atom is 0.323 e. The van der Waals surface area contributed by atoms with Gasteiger partial charge >= 0.3 is 6.03 Å². The summed E-state index contributed by atoms with van der Waals surface area (Å²) in [6.07, 6.45) is 3.37. The van der Waals surface area contributed by atoms with E-state index < -0.39 is 6.10 Å². The Balaban J connectivity index is 1.26. The number of aliphatic hydroxyl groups excluding tert-OH is 1. The van der Waals surface area contributed by atoms with E-state index in [4.69, 9.17) is 24.4 Å². The normalized spacial score (nSPS) is 23.1. The number of aromatic nitrogens is 4. The highest BCUT2D eigenvalue weighted by molar-refractivity contribution is 5.99. The number of hydrogen-bond donors (Lipinski definition) is 3. The summed E-state index contributed by atoms with van der Waals surface area (Å²) in [5.41, 5.74) is 2.08. The average Bonchev–Trinajstić information content (AvgIpc) is 3.12. The van der Waals surface area contributed by atoms with Crippen LogP contribution in [0.4, 0.5) is 28.1 Å². The number of anilines is 4. The van der Waals surface area contributed by atoms with E-state index in [0.29, 0.717) is 75.0 Å². The fourth-order valence-electron chi connectivity index (χ4n) is 4.92. The largest absolute Gasteiger partial charge is 0.391 e. The molecule has 12 heteroatoms. The monoisotopic (exact) mass is 504 g/mol. The van der Waals surface area contributed by atoms with Gasteiger partial charge in [-0.25, -0.2) is 4.79 Å². The highest BCUT2D eigenvalue weighted by atomic mass is 16.5. The molecule has 3 saturated heterocycles. The van der Waals surface area contributed by atoms with E-state index in [9.17, 15) is 9.90 Å². The third-order valence-electron chi connectivity index (χ3n) is 6.78. The Kier molecular flexibility index (Phi) is 6.51. The van der Waals surface area contributed by atoms with E-state index in [-0.39, 0.29) is 18.1 Å². The highest BCUT2D eigenvalue weighted by Crippen LogP contribution is 2.34. The van der Waals surface area contributed by atoms with Gasteiger partial charge in [-0.05, 0) is 42.8 Å². The van der Waals surface area contributed by atoms with Crippen molar-refractivity contribution in [1.82, 2.24) is 19.9 Å². The summed E-state index contributed by atoms with van der Waals surface area (Å²) in [6.45, 7) is 3.57. The number of pyridine rings is 1. The molecule has 3 aromatic rings. The smallest absolute Gasteiger partial charge is 0.323 e. The van der Waals surface area contributed by atoms with Crippen LogP contribution in [0, 0.1) is 0 Å². The second-order valence-electron chi connectivity index (χ2n) is 9.22. The Morgan fingerprint density at radius 3 is 2.32 bits per heavy atom. The second kappa shape index (κ2) is 10.2. The number of urea groups is 1. The molecule has 3 aliphatic rings. The molecule has 6 rings (SSSR count). The molecule has 2 bridgehead atoms. The molecule has 0 spiro atoms. The number of nitrogens with one attached hydrogen (secondary N) is 2. The summed E-state index contributed by atoms with van der Waals surface area (Å²) in [7, 11) is 0. The number of rotatable bonds is 5. The van der Waals surface area contributed by atoms with Crippen molar-refractivity contribution in [3.8, 4) is 11.4 Å². The minimum atomic E-state index is -0.483. The number of benzene rings is 1. The number of fused-ring (bicyclic) bond motifs is 2. The number of hydrogen-bond acceptors (Lipinski definition) is 10. The fraction of sp³-hybridized carbons (Fsp3) is 0.400. The van der Waals surface area contributed by atoms with Crippen LogP contribution in [0.25, 0.3) is 11.4 Å². The second-order valence-corrected chi connectivity index (χ2v) is 9.22. The van der Waals surface area contributed by atoms with Gasteiger partial charge in [0, 0.05) is 42.4 Å². The van der Waals surface area contributed by atoms with Gasteiger partial charge in [-0.2, -0.15) is 15.0 Å². The van der Waals surface area contributed by atoms with Crippen LogP contribution in [0.1, 0.15) is 6.42 Å². The molecule has 3 N–H and O–H groups in total. The predicted molar refractivity (Wildman–Crippen MR) is 137 cm³/mol. The summed E-state index contributed by atoms with van der Waals surface area (Å²) < 4.78 is 11.2. The Morgan fingerprint density at radius 2 is 1.59 bits per heavy atom. The lowest BCUT2D eigenvalue weighted by Gasteiger charge is -2.35. The van der Waals surface area contributed by atoms with Crippen LogP contribution in [0.5, 0.6) is 0 Å². The summed E-state index contributed by atoms with van der Waals surface area (Å²) in [6, 6.07) is 10.3. The van der Waals surface area contributed by atoms with Gasteiger partial charge in [-0.15, -0.1) is 0 Å². The van der Waals surface area contributed by atoms with Crippen molar-refractivity contribution < 1.29 is 19.4 Å². The van der Waals surface area contributed by atoms with Gasteiger partial charge in [0.15, 0.2) is 5.82 Å². The van der Waals surface area contributed by atoms with Crippen LogP contribution in [0.2, 0.25) is 0 Å². The van der Waals surface area contributed by atoms with Gasteiger partial charge in [0.05, 0.1) is 44.6 Å². The highest BCUT2D eigenvalue weighted by Gasteiger charge is 2.45. The zero-order chi connectivity index (χ0) is 25.2. The molecule has 0 radical (unpaired) electrons. The molecule has 2 amide bonds. The molecule has 0 unspecified atom stereocenters. The fourth-order valence-corrected chi connectivity index (χ4v) is 4.92. The van der Waals surface area contributed by atoms with Crippen LogP contribution in [-0.4, -0.2) is 88.8 Å². The lowest BCUT2D eigenvalue weighted by atomic mass is 10.2. The molecule has 192 valence electrons. The molecule has 37 heavy (non-hydrogen) atoms. The minimum absolute atomic E-state index is 0.0204. The SMILES string of the molecule is O=C(Nc1ccncc1)Nc1ccc(-c2nc(N3CCOCC3)nc(N3[C@H]4COC[C@@H]3[C@H](O)C4)n2)cc1. The maximum atomic E-state index is 12.3. The topological polar surface area (TPSA) is 138 Å². The van der Waals surface area contributed by atoms with Gasteiger partial charge in [-0.1, -0.05) is 0 Å². The number of carbonyl (C=O) groups excluding carboxylic acids is 1. The average molecular weight is 505 g/mol. The molecular formula is C25H28N8O4. The Labute approximate surface area is 213 Å². The van der Waals surface area contributed by atoms with Crippen molar-refractivity contribution in [3.63, 3.8) is 0 Å². The molecule has 3 atom stereocenters. The number of nitrogens with zero attached hydrogens (tertiary/aromatic N) is 6.